The molecule has 1 N–H and O–H groups in total. The SMILES string of the molecule is COc1cc(Cl)cc(/C=C/C(=O)O)c1OCC1CCCO1. The van der Waals surface area contributed by atoms with Gasteiger partial charge >= 0.3 is 5.97 Å². The van der Waals surface area contributed by atoms with Crippen LogP contribution in [0.5, 0.6) is 11.5 Å². The number of aliphatic carboxylic acids is 1. The molecule has 6 heteroatoms. The van der Waals surface area contributed by atoms with Crippen molar-refractivity contribution in [1.82, 2.24) is 0 Å². The molecule has 1 fully saturated rings. The van der Waals surface area contributed by atoms with Crippen LogP contribution in [0, 0.1) is 0 Å². The van der Waals surface area contributed by atoms with Crippen LogP contribution in [0.2, 0.25) is 5.02 Å². The van der Waals surface area contributed by atoms with Crippen molar-refractivity contribution < 1.29 is 24.1 Å². The summed E-state index contributed by atoms with van der Waals surface area (Å²) in [5, 5.41) is 9.20. The van der Waals surface area contributed by atoms with Crippen LogP contribution in [0.15, 0.2) is 18.2 Å². The molecular formula is C15H17ClO5. The number of ether oxygens (including phenoxy) is 3. The molecule has 0 radical (unpaired) electrons. The summed E-state index contributed by atoms with van der Waals surface area (Å²) in [6.45, 7) is 1.14. The van der Waals surface area contributed by atoms with Gasteiger partial charge in [0.1, 0.15) is 6.61 Å². The maximum Gasteiger partial charge on any atom is 0.328 e. The van der Waals surface area contributed by atoms with Crippen LogP contribution < -0.4 is 9.47 Å². The number of carboxylic acid groups (broad SMARTS) is 1. The highest BCUT2D eigenvalue weighted by molar-refractivity contribution is 6.31. The standard InChI is InChI=1S/C15H17ClO5/c1-19-13-8-11(16)7-10(4-5-14(17)18)15(13)21-9-12-3-2-6-20-12/h4-5,7-8,12H,2-3,6,9H2,1H3,(H,17,18)/b5-4+. The van der Waals surface area contributed by atoms with E-state index in [4.69, 9.17) is 30.9 Å². The number of hydrogen-bond donors (Lipinski definition) is 1. The van der Waals surface area contributed by atoms with E-state index in [9.17, 15) is 4.79 Å². The smallest absolute Gasteiger partial charge is 0.328 e. The molecule has 5 nitrogen and oxygen atoms in total. The molecule has 0 bridgehead atoms. The van der Waals surface area contributed by atoms with Crippen molar-refractivity contribution in [1.29, 1.82) is 0 Å². The minimum absolute atomic E-state index is 0.0571. The summed E-state index contributed by atoms with van der Waals surface area (Å²) in [4.78, 5) is 10.7. The maximum atomic E-state index is 10.7. The predicted molar refractivity (Wildman–Crippen MR) is 79.1 cm³/mol. The first-order valence-electron chi connectivity index (χ1n) is 6.63. The molecule has 114 valence electrons. The molecule has 1 heterocycles. The number of rotatable bonds is 6. The predicted octanol–water partition coefficient (Wildman–Crippen LogP) is 3.00. The minimum atomic E-state index is -1.04. The Morgan fingerprint density at radius 2 is 2.38 bits per heavy atom. The summed E-state index contributed by atoms with van der Waals surface area (Å²) in [5.74, 6) is -0.112. The van der Waals surface area contributed by atoms with E-state index in [-0.39, 0.29) is 6.10 Å². The third-order valence-corrected chi connectivity index (χ3v) is 3.33. The minimum Gasteiger partial charge on any atom is -0.493 e. The molecule has 1 atom stereocenters. The molecule has 1 aliphatic rings. The van der Waals surface area contributed by atoms with Gasteiger partial charge in [0.05, 0.1) is 13.2 Å². The van der Waals surface area contributed by atoms with E-state index in [2.05, 4.69) is 0 Å². The van der Waals surface area contributed by atoms with Crippen molar-refractivity contribution in [3.05, 3.63) is 28.8 Å². The van der Waals surface area contributed by atoms with Gasteiger partial charge in [-0.3, -0.25) is 0 Å². The van der Waals surface area contributed by atoms with Crippen molar-refractivity contribution in [2.45, 2.75) is 18.9 Å². The summed E-state index contributed by atoms with van der Waals surface area (Å²) in [6.07, 6.45) is 4.50. The van der Waals surface area contributed by atoms with E-state index < -0.39 is 5.97 Å². The molecule has 2 rings (SSSR count). The summed E-state index contributed by atoms with van der Waals surface area (Å²) < 4.78 is 16.5. The van der Waals surface area contributed by atoms with Gasteiger partial charge < -0.3 is 19.3 Å². The average molecular weight is 313 g/mol. The van der Waals surface area contributed by atoms with E-state index in [1.165, 1.54) is 13.2 Å². The third-order valence-electron chi connectivity index (χ3n) is 3.11. The lowest BCUT2D eigenvalue weighted by atomic mass is 10.1. The molecule has 0 amide bonds. The summed E-state index contributed by atoms with van der Waals surface area (Å²) in [5.41, 5.74) is 0.555. The van der Waals surface area contributed by atoms with Crippen LogP contribution in [0.4, 0.5) is 0 Å². The zero-order valence-electron chi connectivity index (χ0n) is 11.7. The summed E-state index contributed by atoms with van der Waals surface area (Å²) >= 11 is 6.00. The van der Waals surface area contributed by atoms with Gasteiger partial charge in [-0.2, -0.15) is 0 Å². The van der Waals surface area contributed by atoms with Crippen LogP contribution in [0.3, 0.4) is 0 Å². The topological polar surface area (TPSA) is 65.0 Å². The summed E-state index contributed by atoms with van der Waals surface area (Å²) in [6, 6.07) is 3.26. The summed E-state index contributed by atoms with van der Waals surface area (Å²) in [7, 11) is 1.51. The van der Waals surface area contributed by atoms with Gasteiger partial charge in [-0.05, 0) is 25.0 Å². The fourth-order valence-corrected chi connectivity index (χ4v) is 2.35. The van der Waals surface area contributed by atoms with Crippen LogP contribution in [0.25, 0.3) is 6.08 Å². The van der Waals surface area contributed by atoms with Crippen molar-refractivity contribution >= 4 is 23.6 Å². The second-order valence-electron chi connectivity index (χ2n) is 4.64. The van der Waals surface area contributed by atoms with Gasteiger partial charge in [0.15, 0.2) is 11.5 Å². The van der Waals surface area contributed by atoms with Crippen molar-refractivity contribution in [3.8, 4) is 11.5 Å². The monoisotopic (exact) mass is 312 g/mol. The Bertz CT molecular complexity index is 535. The zero-order valence-corrected chi connectivity index (χ0v) is 12.4. The largest absolute Gasteiger partial charge is 0.493 e. The first-order valence-corrected chi connectivity index (χ1v) is 7.01. The molecule has 1 unspecified atom stereocenters. The molecule has 21 heavy (non-hydrogen) atoms. The Labute approximate surface area is 128 Å². The molecular weight excluding hydrogens is 296 g/mol. The van der Waals surface area contributed by atoms with Crippen molar-refractivity contribution in [2.24, 2.45) is 0 Å². The first-order chi connectivity index (χ1) is 10.1. The van der Waals surface area contributed by atoms with E-state index >= 15 is 0 Å². The highest BCUT2D eigenvalue weighted by atomic mass is 35.5. The lowest BCUT2D eigenvalue weighted by Crippen LogP contribution is -2.17. The van der Waals surface area contributed by atoms with Crippen LogP contribution in [0.1, 0.15) is 18.4 Å². The highest BCUT2D eigenvalue weighted by Gasteiger charge is 2.18. The number of halogens is 1. The molecule has 0 saturated carbocycles. The number of methoxy groups -OCH3 is 1. The molecule has 0 aliphatic carbocycles. The Balaban J connectivity index is 2.23. The van der Waals surface area contributed by atoms with Gasteiger partial charge in [0, 0.05) is 29.3 Å². The van der Waals surface area contributed by atoms with Crippen molar-refractivity contribution in [2.75, 3.05) is 20.3 Å². The number of hydrogen-bond acceptors (Lipinski definition) is 4. The third kappa shape index (κ3) is 4.37. The van der Waals surface area contributed by atoms with Crippen LogP contribution in [-0.4, -0.2) is 37.5 Å². The lowest BCUT2D eigenvalue weighted by molar-refractivity contribution is -0.131. The van der Waals surface area contributed by atoms with Crippen molar-refractivity contribution in [3.63, 3.8) is 0 Å². The molecule has 1 saturated heterocycles. The van der Waals surface area contributed by atoms with Gasteiger partial charge in [0.25, 0.3) is 0 Å². The lowest BCUT2D eigenvalue weighted by Gasteiger charge is -2.16. The number of carbonyl (C=O) groups is 1. The van der Waals surface area contributed by atoms with Gasteiger partial charge in [-0.15, -0.1) is 0 Å². The van der Waals surface area contributed by atoms with Gasteiger partial charge in [-0.1, -0.05) is 11.6 Å². The second-order valence-corrected chi connectivity index (χ2v) is 5.08. The first kappa shape index (κ1) is 15.7. The van der Waals surface area contributed by atoms with E-state index in [1.54, 1.807) is 12.1 Å². The Hall–Kier alpha value is -1.72. The van der Waals surface area contributed by atoms with Crippen LogP contribution >= 0.6 is 11.6 Å². The average Bonchev–Trinajstić information content (AvgIpc) is 2.96. The van der Waals surface area contributed by atoms with E-state index in [0.717, 1.165) is 25.5 Å². The highest BCUT2D eigenvalue weighted by Crippen LogP contribution is 2.36. The normalized spacial score (nSPS) is 18.1. The van der Waals surface area contributed by atoms with Gasteiger partial charge in [0.2, 0.25) is 0 Å². The zero-order chi connectivity index (χ0) is 15.2. The molecule has 1 aromatic rings. The fraction of sp³-hybridized carbons (Fsp3) is 0.400. The van der Waals surface area contributed by atoms with E-state index in [1.807, 2.05) is 0 Å². The Morgan fingerprint density at radius 1 is 1.57 bits per heavy atom. The quantitative estimate of drug-likeness (QED) is 0.818. The van der Waals surface area contributed by atoms with Gasteiger partial charge in [-0.25, -0.2) is 4.79 Å². The fourth-order valence-electron chi connectivity index (χ4n) is 2.13. The molecule has 0 spiro atoms. The maximum absolute atomic E-state index is 10.7. The number of benzene rings is 1. The Kier molecular flexibility index (Phi) is 5.47. The van der Waals surface area contributed by atoms with Crippen LogP contribution in [-0.2, 0) is 9.53 Å². The molecule has 0 aromatic heterocycles. The molecule has 1 aromatic carbocycles. The van der Waals surface area contributed by atoms with E-state index in [0.29, 0.717) is 28.7 Å². The Morgan fingerprint density at radius 3 is 3.00 bits per heavy atom. The second kappa shape index (κ2) is 7.33. The number of carboxylic acids is 1. The molecule has 1 aliphatic heterocycles.